The summed E-state index contributed by atoms with van der Waals surface area (Å²) >= 11 is 0. The third-order valence-electron chi connectivity index (χ3n) is 3.71. The molecule has 0 spiro atoms. The Morgan fingerprint density at radius 3 is 2.65 bits per heavy atom. The number of alkyl halides is 3. The monoisotopic (exact) mass is 365 g/mol. The second-order valence-electron chi connectivity index (χ2n) is 5.49. The van der Waals surface area contributed by atoms with Crippen LogP contribution in [0.3, 0.4) is 0 Å². The summed E-state index contributed by atoms with van der Waals surface area (Å²) < 4.78 is 53.6. The molecule has 26 heavy (non-hydrogen) atoms. The van der Waals surface area contributed by atoms with Crippen LogP contribution in [0.2, 0.25) is 0 Å². The lowest BCUT2D eigenvalue weighted by atomic mass is 10.2. The molecule has 2 aromatic heterocycles. The zero-order chi connectivity index (χ0) is 18.3. The third kappa shape index (κ3) is 3.01. The van der Waals surface area contributed by atoms with E-state index in [1.807, 2.05) is 0 Å². The molecule has 1 aromatic carbocycles. The zero-order valence-electron chi connectivity index (χ0n) is 13.0. The molecular formula is C16H10F3N3O4. The molecular weight excluding hydrogens is 355 g/mol. The smallest absolute Gasteiger partial charge is 0.454 e. The van der Waals surface area contributed by atoms with Gasteiger partial charge in [0.1, 0.15) is 0 Å². The van der Waals surface area contributed by atoms with Gasteiger partial charge < -0.3 is 18.6 Å². The second-order valence-corrected chi connectivity index (χ2v) is 5.49. The minimum atomic E-state index is -4.74. The Morgan fingerprint density at radius 1 is 1.12 bits per heavy atom. The van der Waals surface area contributed by atoms with Gasteiger partial charge in [0.2, 0.25) is 12.6 Å². The fourth-order valence-electron chi connectivity index (χ4n) is 2.47. The first-order valence-corrected chi connectivity index (χ1v) is 7.40. The molecule has 0 saturated heterocycles. The highest BCUT2D eigenvalue weighted by Gasteiger charge is 2.38. The van der Waals surface area contributed by atoms with Crippen LogP contribution in [0.1, 0.15) is 11.5 Å². The van der Waals surface area contributed by atoms with Gasteiger partial charge in [0.25, 0.3) is 5.56 Å². The highest BCUT2D eigenvalue weighted by atomic mass is 19.4. The predicted molar refractivity (Wildman–Crippen MR) is 80.7 cm³/mol. The van der Waals surface area contributed by atoms with Crippen molar-refractivity contribution in [3.05, 3.63) is 58.3 Å². The van der Waals surface area contributed by atoms with E-state index in [1.54, 1.807) is 18.2 Å². The quantitative estimate of drug-likeness (QED) is 0.710. The summed E-state index contributed by atoms with van der Waals surface area (Å²) in [7, 11) is 0. The predicted octanol–water partition coefficient (Wildman–Crippen LogP) is 2.69. The number of hydrogen-bond acceptors (Lipinski definition) is 6. The van der Waals surface area contributed by atoms with Crippen molar-refractivity contribution in [2.45, 2.75) is 12.7 Å². The first-order chi connectivity index (χ1) is 12.4. The van der Waals surface area contributed by atoms with Crippen molar-refractivity contribution in [2.24, 2.45) is 0 Å². The molecule has 0 unspecified atom stereocenters. The molecule has 3 aromatic rings. The Morgan fingerprint density at radius 2 is 1.92 bits per heavy atom. The fraction of sp³-hybridized carbons (Fsp3) is 0.188. The van der Waals surface area contributed by atoms with E-state index in [1.165, 1.54) is 16.8 Å². The van der Waals surface area contributed by atoms with Gasteiger partial charge in [0.05, 0.1) is 6.54 Å². The highest BCUT2D eigenvalue weighted by Crippen LogP contribution is 2.32. The minimum Gasteiger partial charge on any atom is -0.454 e. The molecule has 7 nitrogen and oxygen atoms in total. The summed E-state index contributed by atoms with van der Waals surface area (Å²) in [4.78, 5) is 15.5. The molecule has 10 heteroatoms. The van der Waals surface area contributed by atoms with Crippen molar-refractivity contribution in [2.75, 3.05) is 6.79 Å². The Balaban J connectivity index is 1.58. The van der Waals surface area contributed by atoms with Crippen molar-refractivity contribution in [3.8, 4) is 22.9 Å². The van der Waals surface area contributed by atoms with Crippen molar-refractivity contribution < 1.29 is 27.2 Å². The Kier molecular flexibility index (Phi) is 3.67. The van der Waals surface area contributed by atoms with Gasteiger partial charge in [0.15, 0.2) is 11.5 Å². The average molecular weight is 365 g/mol. The number of nitrogens with zero attached hydrogens (tertiary/aromatic N) is 3. The molecule has 1 aliphatic rings. The molecule has 0 bridgehead atoms. The van der Waals surface area contributed by atoms with Gasteiger partial charge in [-0.2, -0.15) is 18.2 Å². The Hall–Kier alpha value is -3.30. The lowest BCUT2D eigenvalue weighted by molar-refractivity contribution is -0.159. The largest absolute Gasteiger partial charge is 0.471 e. The number of pyridine rings is 1. The maximum atomic E-state index is 12.5. The Bertz CT molecular complexity index is 1030. The maximum absolute atomic E-state index is 12.5. The molecule has 0 fully saturated rings. The summed E-state index contributed by atoms with van der Waals surface area (Å²) in [6, 6.07) is 7.90. The van der Waals surface area contributed by atoms with E-state index in [4.69, 9.17) is 9.47 Å². The van der Waals surface area contributed by atoms with E-state index in [-0.39, 0.29) is 24.7 Å². The lowest BCUT2D eigenvalue weighted by Crippen LogP contribution is -2.19. The first-order valence-electron chi connectivity index (χ1n) is 7.40. The van der Waals surface area contributed by atoms with Crippen molar-refractivity contribution in [3.63, 3.8) is 0 Å². The fourth-order valence-corrected chi connectivity index (χ4v) is 2.47. The molecule has 4 rings (SSSR count). The minimum absolute atomic E-state index is 0.135. The lowest BCUT2D eigenvalue weighted by Gasteiger charge is -2.07. The average Bonchev–Trinajstić information content (AvgIpc) is 3.24. The molecule has 134 valence electrons. The van der Waals surface area contributed by atoms with Crippen molar-refractivity contribution >= 4 is 0 Å². The van der Waals surface area contributed by atoms with Gasteiger partial charge in [-0.05, 0) is 23.8 Å². The van der Waals surface area contributed by atoms with Crippen LogP contribution in [0.15, 0.2) is 45.8 Å². The van der Waals surface area contributed by atoms with Gasteiger partial charge in [-0.25, -0.2) is 0 Å². The maximum Gasteiger partial charge on any atom is 0.471 e. The highest BCUT2D eigenvalue weighted by molar-refractivity contribution is 5.53. The number of halogens is 3. The zero-order valence-corrected chi connectivity index (χ0v) is 13.0. The SMILES string of the molecule is O=c1cc(-c2noc(C(F)(F)F)n2)ccn1Cc1ccc2c(c1)OCO2. The number of ether oxygens (including phenoxy) is 2. The van der Waals surface area contributed by atoms with Crippen LogP contribution < -0.4 is 15.0 Å². The van der Waals surface area contributed by atoms with Gasteiger partial charge in [-0.15, -0.1) is 0 Å². The number of aromatic nitrogens is 3. The van der Waals surface area contributed by atoms with Crippen LogP contribution in [0, 0.1) is 0 Å². The molecule has 0 radical (unpaired) electrons. The normalized spacial score (nSPS) is 13.2. The summed E-state index contributed by atoms with van der Waals surface area (Å²) in [5.74, 6) is -0.533. The van der Waals surface area contributed by atoms with Gasteiger partial charge in [0, 0.05) is 17.8 Å². The standard InChI is InChI=1S/C16H10F3N3O4/c17-16(18,19)15-20-14(21-26-15)10-3-4-22(13(23)6-10)7-9-1-2-11-12(5-9)25-8-24-11/h1-6H,7-8H2. The Labute approximate surface area is 143 Å². The molecule has 1 aliphatic heterocycles. The number of hydrogen-bond donors (Lipinski definition) is 0. The van der Waals surface area contributed by atoms with Gasteiger partial charge in [-0.1, -0.05) is 11.2 Å². The van der Waals surface area contributed by atoms with Crippen LogP contribution in [0.5, 0.6) is 11.5 Å². The number of benzene rings is 1. The van der Waals surface area contributed by atoms with E-state index >= 15 is 0 Å². The van der Waals surface area contributed by atoms with E-state index in [9.17, 15) is 18.0 Å². The van der Waals surface area contributed by atoms with E-state index in [2.05, 4.69) is 14.7 Å². The molecule has 0 aliphatic carbocycles. The number of fused-ring (bicyclic) bond motifs is 1. The van der Waals surface area contributed by atoms with E-state index < -0.39 is 17.6 Å². The van der Waals surface area contributed by atoms with Crippen LogP contribution in [0.25, 0.3) is 11.4 Å². The van der Waals surface area contributed by atoms with Crippen LogP contribution in [0.4, 0.5) is 13.2 Å². The summed E-state index contributed by atoms with van der Waals surface area (Å²) in [5, 5.41) is 3.26. The number of rotatable bonds is 3. The van der Waals surface area contributed by atoms with Gasteiger partial charge >= 0.3 is 12.1 Å². The van der Waals surface area contributed by atoms with Crippen LogP contribution in [-0.4, -0.2) is 21.5 Å². The molecule has 0 atom stereocenters. The topological polar surface area (TPSA) is 79.4 Å². The third-order valence-corrected chi connectivity index (χ3v) is 3.71. The van der Waals surface area contributed by atoms with Crippen LogP contribution in [-0.2, 0) is 12.7 Å². The van der Waals surface area contributed by atoms with Crippen molar-refractivity contribution in [1.29, 1.82) is 0 Å². The van der Waals surface area contributed by atoms with Crippen molar-refractivity contribution in [1.82, 2.24) is 14.7 Å². The van der Waals surface area contributed by atoms with Gasteiger partial charge in [-0.3, -0.25) is 4.79 Å². The second kappa shape index (κ2) is 5.90. The molecule has 3 heterocycles. The summed E-state index contributed by atoms with van der Waals surface area (Å²) in [5.41, 5.74) is 0.526. The molecule has 0 saturated carbocycles. The van der Waals surface area contributed by atoms with E-state index in [0.29, 0.717) is 11.5 Å². The summed E-state index contributed by atoms with van der Waals surface area (Å²) in [6.07, 6.45) is -3.29. The summed E-state index contributed by atoms with van der Waals surface area (Å²) in [6.45, 7) is 0.411. The molecule has 0 amide bonds. The van der Waals surface area contributed by atoms with Crippen LogP contribution >= 0.6 is 0 Å². The first kappa shape index (κ1) is 16.2. The van der Waals surface area contributed by atoms with E-state index in [0.717, 1.165) is 11.6 Å². The molecule has 0 N–H and O–H groups in total.